The summed E-state index contributed by atoms with van der Waals surface area (Å²) in [4.78, 5) is 11.5. The molecule has 0 unspecified atom stereocenters. The van der Waals surface area contributed by atoms with E-state index in [1.165, 1.54) is 0 Å². The molecule has 0 saturated carbocycles. The summed E-state index contributed by atoms with van der Waals surface area (Å²) in [6.07, 6.45) is 0. The van der Waals surface area contributed by atoms with Gasteiger partial charge in [-0.1, -0.05) is 17.7 Å². The van der Waals surface area contributed by atoms with Crippen molar-refractivity contribution in [3.05, 3.63) is 58.6 Å². The van der Waals surface area contributed by atoms with Crippen molar-refractivity contribution >= 4 is 17.6 Å². The fourth-order valence-corrected chi connectivity index (χ4v) is 1.85. The number of rotatable bonds is 4. The van der Waals surface area contributed by atoms with Gasteiger partial charge in [0.25, 0.3) is 0 Å². The molecule has 0 fully saturated rings. The Hall–Kier alpha value is -2.00. The van der Waals surface area contributed by atoms with Gasteiger partial charge in [0.15, 0.2) is 0 Å². The number of carbonyl (C=O) groups excluding carboxylic acids is 1. The topological polar surface area (TPSA) is 35.5 Å². The van der Waals surface area contributed by atoms with Crippen molar-refractivity contribution in [2.24, 2.45) is 0 Å². The first kappa shape index (κ1) is 14.4. The first-order valence-corrected chi connectivity index (χ1v) is 6.69. The molecule has 0 aliphatic rings. The molecular formula is C16H15ClO3. The Labute approximate surface area is 123 Å². The molecule has 0 aliphatic carbocycles. The number of carbonyl (C=O) groups is 1. The molecule has 0 N–H and O–H groups in total. The van der Waals surface area contributed by atoms with Gasteiger partial charge < -0.3 is 9.47 Å². The van der Waals surface area contributed by atoms with Crippen molar-refractivity contribution in [2.45, 2.75) is 13.8 Å². The summed E-state index contributed by atoms with van der Waals surface area (Å²) in [5, 5.41) is 0.619. The van der Waals surface area contributed by atoms with Gasteiger partial charge in [0.1, 0.15) is 11.5 Å². The van der Waals surface area contributed by atoms with Gasteiger partial charge in [0, 0.05) is 5.02 Å². The van der Waals surface area contributed by atoms with Crippen LogP contribution in [0.3, 0.4) is 0 Å². The van der Waals surface area contributed by atoms with Gasteiger partial charge in [-0.3, -0.25) is 0 Å². The standard InChI is InChI=1S/C16H15ClO3/c1-3-19-16(18)12-5-8-14(9-6-12)20-15-10-13(17)7-4-11(15)2/h4-10H,3H2,1-2H3. The Morgan fingerprint density at radius 2 is 1.85 bits per heavy atom. The average molecular weight is 291 g/mol. The lowest BCUT2D eigenvalue weighted by molar-refractivity contribution is 0.0526. The average Bonchev–Trinajstić information content (AvgIpc) is 2.44. The van der Waals surface area contributed by atoms with Crippen LogP contribution in [-0.2, 0) is 4.74 Å². The van der Waals surface area contributed by atoms with Crippen molar-refractivity contribution in [1.29, 1.82) is 0 Å². The monoisotopic (exact) mass is 290 g/mol. The van der Waals surface area contributed by atoms with Crippen LogP contribution in [-0.4, -0.2) is 12.6 Å². The van der Waals surface area contributed by atoms with Gasteiger partial charge in [-0.05, 0) is 55.8 Å². The second-order valence-corrected chi connectivity index (χ2v) is 4.69. The van der Waals surface area contributed by atoms with Crippen LogP contribution < -0.4 is 4.74 Å². The third-order valence-electron chi connectivity index (χ3n) is 2.74. The summed E-state index contributed by atoms with van der Waals surface area (Å²) in [5.41, 5.74) is 1.49. The van der Waals surface area contributed by atoms with Crippen LogP contribution in [0.5, 0.6) is 11.5 Å². The molecule has 0 spiro atoms. The van der Waals surface area contributed by atoms with Crippen LogP contribution >= 0.6 is 11.6 Å². The largest absolute Gasteiger partial charge is 0.462 e. The molecule has 104 valence electrons. The van der Waals surface area contributed by atoms with Crippen LogP contribution in [0.4, 0.5) is 0 Å². The Morgan fingerprint density at radius 3 is 2.50 bits per heavy atom. The summed E-state index contributed by atoms with van der Waals surface area (Å²) in [6.45, 7) is 4.08. The maximum Gasteiger partial charge on any atom is 0.338 e. The zero-order valence-electron chi connectivity index (χ0n) is 11.4. The Balaban J connectivity index is 2.14. The van der Waals surface area contributed by atoms with Gasteiger partial charge in [-0.2, -0.15) is 0 Å². The minimum absolute atomic E-state index is 0.335. The first-order valence-electron chi connectivity index (χ1n) is 6.31. The third kappa shape index (κ3) is 3.52. The van der Waals surface area contributed by atoms with Crippen LogP contribution in [0.15, 0.2) is 42.5 Å². The van der Waals surface area contributed by atoms with Gasteiger partial charge in [-0.25, -0.2) is 4.79 Å². The number of ether oxygens (including phenoxy) is 2. The molecule has 2 rings (SSSR count). The van der Waals surface area contributed by atoms with Gasteiger partial charge in [0.05, 0.1) is 12.2 Å². The molecule has 3 nitrogen and oxygen atoms in total. The number of hydrogen-bond acceptors (Lipinski definition) is 3. The Morgan fingerprint density at radius 1 is 1.15 bits per heavy atom. The van der Waals surface area contributed by atoms with Crippen molar-refractivity contribution < 1.29 is 14.3 Å². The molecule has 0 saturated heterocycles. The van der Waals surface area contributed by atoms with Gasteiger partial charge >= 0.3 is 5.97 Å². The maximum absolute atomic E-state index is 11.5. The predicted molar refractivity (Wildman–Crippen MR) is 78.7 cm³/mol. The lowest BCUT2D eigenvalue weighted by Gasteiger charge is -2.09. The molecule has 2 aromatic rings. The van der Waals surface area contributed by atoms with E-state index in [-0.39, 0.29) is 5.97 Å². The van der Waals surface area contributed by atoms with E-state index in [2.05, 4.69) is 0 Å². The van der Waals surface area contributed by atoms with Crippen molar-refractivity contribution in [3.8, 4) is 11.5 Å². The molecule has 0 bridgehead atoms. The lowest BCUT2D eigenvalue weighted by Crippen LogP contribution is -2.04. The van der Waals surface area contributed by atoms with E-state index in [9.17, 15) is 4.79 Å². The highest BCUT2D eigenvalue weighted by Crippen LogP contribution is 2.28. The van der Waals surface area contributed by atoms with Gasteiger partial charge in [-0.15, -0.1) is 0 Å². The minimum Gasteiger partial charge on any atom is -0.462 e. The summed E-state index contributed by atoms with van der Waals surface area (Å²) >= 11 is 5.94. The summed E-state index contributed by atoms with van der Waals surface area (Å²) in [5.74, 6) is 1.00. The Bertz CT molecular complexity index is 606. The normalized spacial score (nSPS) is 10.2. The SMILES string of the molecule is CCOC(=O)c1ccc(Oc2cc(Cl)ccc2C)cc1. The number of hydrogen-bond donors (Lipinski definition) is 0. The fourth-order valence-electron chi connectivity index (χ4n) is 1.68. The van der Waals surface area contributed by atoms with Crippen molar-refractivity contribution in [3.63, 3.8) is 0 Å². The molecule has 0 aliphatic heterocycles. The Kier molecular flexibility index (Phi) is 4.64. The second kappa shape index (κ2) is 6.44. The lowest BCUT2D eigenvalue weighted by atomic mass is 10.2. The molecule has 20 heavy (non-hydrogen) atoms. The summed E-state index contributed by atoms with van der Waals surface area (Å²) in [6, 6.07) is 12.3. The molecule has 4 heteroatoms. The van der Waals surface area contributed by atoms with E-state index in [0.717, 1.165) is 5.56 Å². The quantitative estimate of drug-likeness (QED) is 0.771. The molecule has 0 atom stereocenters. The van der Waals surface area contributed by atoms with E-state index >= 15 is 0 Å². The highest BCUT2D eigenvalue weighted by molar-refractivity contribution is 6.30. The molecule has 0 aromatic heterocycles. The van der Waals surface area contributed by atoms with Crippen molar-refractivity contribution in [2.75, 3.05) is 6.61 Å². The summed E-state index contributed by atoms with van der Waals surface area (Å²) in [7, 11) is 0. The molecule has 0 amide bonds. The van der Waals surface area contributed by atoms with E-state index in [1.807, 2.05) is 19.1 Å². The van der Waals surface area contributed by atoms with Gasteiger partial charge in [0.2, 0.25) is 0 Å². The zero-order valence-corrected chi connectivity index (χ0v) is 12.1. The molecule has 0 radical (unpaired) electrons. The fraction of sp³-hybridized carbons (Fsp3) is 0.188. The van der Waals surface area contributed by atoms with Crippen LogP contribution in [0.2, 0.25) is 5.02 Å². The minimum atomic E-state index is -0.335. The number of aryl methyl sites for hydroxylation is 1. The number of halogens is 1. The van der Waals surface area contributed by atoms with E-state index in [0.29, 0.717) is 28.7 Å². The highest BCUT2D eigenvalue weighted by atomic mass is 35.5. The number of esters is 1. The molecule has 2 aromatic carbocycles. The third-order valence-corrected chi connectivity index (χ3v) is 2.98. The van der Waals surface area contributed by atoms with E-state index in [4.69, 9.17) is 21.1 Å². The van der Waals surface area contributed by atoms with Crippen LogP contribution in [0.1, 0.15) is 22.8 Å². The molecular weight excluding hydrogens is 276 g/mol. The van der Waals surface area contributed by atoms with Crippen molar-refractivity contribution in [1.82, 2.24) is 0 Å². The first-order chi connectivity index (χ1) is 9.60. The molecule has 0 heterocycles. The predicted octanol–water partition coefficient (Wildman–Crippen LogP) is 4.62. The smallest absolute Gasteiger partial charge is 0.338 e. The van der Waals surface area contributed by atoms with Crippen LogP contribution in [0, 0.1) is 6.92 Å². The van der Waals surface area contributed by atoms with E-state index in [1.54, 1.807) is 37.3 Å². The number of benzene rings is 2. The van der Waals surface area contributed by atoms with Crippen LogP contribution in [0.25, 0.3) is 0 Å². The highest BCUT2D eigenvalue weighted by Gasteiger charge is 2.07. The maximum atomic E-state index is 11.5. The summed E-state index contributed by atoms with van der Waals surface area (Å²) < 4.78 is 10.7. The zero-order chi connectivity index (χ0) is 14.5. The van der Waals surface area contributed by atoms with E-state index < -0.39 is 0 Å². The second-order valence-electron chi connectivity index (χ2n) is 4.26.